The van der Waals surface area contributed by atoms with Crippen molar-refractivity contribution in [2.45, 2.75) is 89.4 Å². The minimum atomic E-state index is -0.652. The van der Waals surface area contributed by atoms with E-state index in [-0.39, 0.29) is 16.2 Å². The highest BCUT2D eigenvalue weighted by Crippen LogP contribution is 2.60. The first kappa shape index (κ1) is 50.0. The topological polar surface area (TPSA) is 3.24 Å². The summed E-state index contributed by atoms with van der Waals surface area (Å²) in [5.74, 6) is 0. The summed E-state index contributed by atoms with van der Waals surface area (Å²) in [5.41, 5.74) is 23.6. The Hall–Kier alpha value is -8.52. The van der Waals surface area contributed by atoms with E-state index >= 15 is 0 Å². The van der Waals surface area contributed by atoms with Gasteiger partial charge in [-0.05, 0) is 152 Å². The summed E-state index contributed by atoms with van der Waals surface area (Å²) in [7, 11) is 0. The van der Waals surface area contributed by atoms with Gasteiger partial charge in [0.2, 0.25) is 0 Å². The van der Waals surface area contributed by atoms with E-state index in [0.29, 0.717) is 0 Å². The first-order valence-corrected chi connectivity index (χ1v) is 28.3. The average Bonchev–Trinajstić information content (AvgIpc) is 3.51. The van der Waals surface area contributed by atoms with Gasteiger partial charge in [-0.1, -0.05) is 281 Å². The molecule has 1 heteroatoms. The van der Waals surface area contributed by atoms with Crippen molar-refractivity contribution in [1.82, 2.24) is 0 Å². The van der Waals surface area contributed by atoms with Crippen LogP contribution in [-0.2, 0) is 27.1 Å². The maximum absolute atomic E-state index is 2.55. The molecule has 0 fully saturated rings. The molecule has 0 heterocycles. The van der Waals surface area contributed by atoms with Gasteiger partial charge in [-0.15, -0.1) is 0 Å². The van der Waals surface area contributed by atoms with Gasteiger partial charge in [-0.3, -0.25) is 0 Å². The smallest absolute Gasteiger partial charge is 0.0714 e. The van der Waals surface area contributed by atoms with E-state index in [1.165, 1.54) is 99.8 Å². The molecule has 2 atom stereocenters. The molecule has 0 bridgehead atoms. The maximum atomic E-state index is 2.55. The normalized spacial score (nSPS) is 16.5. The van der Waals surface area contributed by atoms with Crippen molar-refractivity contribution in [3.8, 4) is 33.4 Å². The lowest BCUT2D eigenvalue weighted by Crippen LogP contribution is -2.29. The Morgan fingerprint density at radius 3 is 1.16 bits per heavy atom. The lowest BCUT2D eigenvalue weighted by Gasteiger charge is -2.36. The highest BCUT2D eigenvalue weighted by molar-refractivity contribution is 5.95. The summed E-state index contributed by atoms with van der Waals surface area (Å²) in [6.07, 6.45) is 0. The van der Waals surface area contributed by atoms with E-state index in [2.05, 4.69) is 322 Å². The quantitative estimate of drug-likeness (QED) is 0.147. The Morgan fingerprint density at radius 1 is 0.266 bits per heavy atom. The second-order valence-corrected chi connectivity index (χ2v) is 25.3. The zero-order valence-corrected chi connectivity index (χ0v) is 47.2. The van der Waals surface area contributed by atoms with Crippen LogP contribution in [0, 0.1) is 0 Å². The molecule has 0 aromatic heterocycles. The molecule has 11 aromatic carbocycles. The van der Waals surface area contributed by atoms with Crippen LogP contribution in [0.1, 0.15) is 124 Å². The van der Waals surface area contributed by atoms with Crippen molar-refractivity contribution in [2.24, 2.45) is 0 Å². The first-order valence-electron chi connectivity index (χ1n) is 28.3. The van der Waals surface area contributed by atoms with Gasteiger partial charge in [0, 0.05) is 16.9 Å². The van der Waals surface area contributed by atoms with Gasteiger partial charge >= 0.3 is 0 Å². The van der Waals surface area contributed by atoms with Crippen LogP contribution in [0.25, 0.3) is 44.2 Å². The minimum Gasteiger partial charge on any atom is -0.310 e. The zero-order valence-electron chi connectivity index (χ0n) is 47.2. The second kappa shape index (κ2) is 18.6. The van der Waals surface area contributed by atoms with Crippen LogP contribution in [0.3, 0.4) is 0 Å². The molecule has 1 nitrogen and oxygen atoms in total. The van der Waals surface area contributed by atoms with Crippen molar-refractivity contribution in [3.63, 3.8) is 0 Å². The highest BCUT2D eigenvalue weighted by Gasteiger charge is 2.48. The predicted octanol–water partition coefficient (Wildman–Crippen LogP) is 20.6. The first-order chi connectivity index (χ1) is 38.1. The molecule has 0 saturated heterocycles. The fraction of sp³-hybridized carbons (Fsp3) is 0.179. The third-order valence-electron chi connectivity index (χ3n) is 17.5. The molecule has 0 N–H and O–H groups in total. The van der Waals surface area contributed by atoms with Gasteiger partial charge in [0.25, 0.3) is 0 Å². The Balaban J connectivity index is 1.10. The molecule has 79 heavy (non-hydrogen) atoms. The number of benzene rings is 11. The Kier molecular flexibility index (Phi) is 11.8. The number of hydrogen-bond donors (Lipinski definition) is 0. The lowest BCUT2D eigenvalue weighted by molar-refractivity contribution is 0.589. The second-order valence-electron chi connectivity index (χ2n) is 25.3. The molecule has 11 aromatic rings. The number of anilines is 3. The number of hydrogen-bond acceptors (Lipinski definition) is 1. The molecule has 386 valence electrons. The number of rotatable bonds is 8. The molecule has 2 aliphatic rings. The standard InChI is InChI=1S/C78H69N/c1-74(2,3)55-36-40-58(41-37-55)77(57-24-14-11-15-25-57)69-29-19-16-27-65(69)67-46-44-62(50-71(67)77)79(73-31-21-18-26-64(73)52-22-12-10-13-23-52)63-45-47-68-66-28-17-20-30-70(66)78(72(68)51-63,59-42-38-56(39-43-59)75(4,5)6)61-35-33-53-48-60(76(7,8)9)34-32-54(53)49-61/h10-51H,1-9H3. The van der Waals surface area contributed by atoms with E-state index in [9.17, 15) is 0 Å². The largest absolute Gasteiger partial charge is 0.310 e. The third kappa shape index (κ3) is 8.03. The van der Waals surface area contributed by atoms with Gasteiger partial charge in [-0.25, -0.2) is 0 Å². The highest BCUT2D eigenvalue weighted by atomic mass is 15.1. The van der Waals surface area contributed by atoms with E-state index in [1.807, 2.05) is 0 Å². The number of nitrogens with zero attached hydrogens (tertiary/aromatic N) is 1. The fourth-order valence-corrected chi connectivity index (χ4v) is 13.4. The molecule has 0 saturated carbocycles. The molecule has 2 aliphatic carbocycles. The van der Waals surface area contributed by atoms with Crippen LogP contribution in [0.4, 0.5) is 17.1 Å². The number of para-hydroxylation sites is 1. The van der Waals surface area contributed by atoms with Crippen molar-refractivity contribution >= 4 is 27.8 Å². The molecular weight excluding hydrogens is 951 g/mol. The van der Waals surface area contributed by atoms with Crippen molar-refractivity contribution in [2.75, 3.05) is 4.90 Å². The Morgan fingerprint density at radius 2 is 0.646 bits per heavy atom. The van der Waals surface area contributed by atoms with Crippen LogP contribution >= 0.6 is 0 Å². The molecule has 0 radical (unpaired) electrons. The van der Waals surface area contributed by atoms with E-state index in [0.717, 1.165) is 22.6 Å². The summed E-state index contributed by atoms with van der Waals surface area (Å²) in [6.45, 7) is 20.8. The monoisotopic (exact) mass is 1020 g/mol. The van der Waals surface area contributed by atoms with Crippen molar-refractivity contribution in [3.05, 3.63) is 316 Å². The van der Waals surface area contributed by atoms with Crippen molar-refractivity contribution < 1.29 is 0 Å². The average molecular weight is 1020 g/mol. The summed E-state index contributed by atoms with van der Waals surface area (Å²) < 4.78 is 0. The molecule has 0 amide bonds. The zero-order chi connectivity index (χ0) is 54.5. The van der Waals surface area contributed by atoms with Gasteiger partial charge in [0.15, 0.2) is 0 Å². The summed E-state index contributed by atoms with van der Waals surface area (Å²) >= 11 is 0. The number of fused-ring (bicyclic) bond motifs is 7. The van der Waals surface area contributed by atoms with E-state index < -0.39 is 10.8 Å². The van der Waals surface area contributed by atoms with Gasteiger partial charge in [0.1, 0.15) is 0 Å². The Bertz CT molecular complexity index is 4110. The van der Waals surface area contributed by atoms with Crippen molar-refractivity contribution in [1.29, 1.82) is 0 Å². The SMILES string of the molecule is CC(C)(C)c1ccc(C2(c3ccccc3)c3ccccc3-c3ccc(N(c4ccc5c(c4)C(c4ccc(C(C)(C)C)cc4)(c4ccc6cc(C(C)(C)C)ccc6c4)c4ccccc4-5)c4ccccc4-c4ccccc4)cc32)cc1. The Labute approximate surface area is 468 Å². The summed E-state index contributed by atoms with van der Waals surface area (Å²) in [4.78, 5) is 2.55. The molecule has 2 unspecified atom stereocenters. The van der Waals surface area contributed by atoms with Gasteiger partial charge in [0.05, 0.1) is 16.5 Å². The van der Waals surface area contributed by atoms with Gasteiger partial charge < -0.3 is 4.90 Å². The summed E-state index contributed by atoms with van der Waals surface area (Å²) in [6, 6.07) is 97.5. The van der Waals surface area contributed by atoms with E-state index in [4.69, 9.17) is 0 Å². The minimum absolute atomic E-state index is 0.00405. The van der Waals surface area contributed by atoms with Crippen LogP contribution in [-0.4, -0.2) is 0 Å². The predicted molar refractivity (Wildman–Crippen MR) is 335 cm³/mol. The van der Waals surface area contributed by atoms with Crippen LogP contribution in [0.2, 0.25) is 0 Å². The lowest BCUT2D eigenvalue weighted by atomic mass is 9.67. The van der Waals surface area contributed by atoms with E-state index in [1.54, 1.807) is 0 Å². The summed E-state index contributed by atoms with van der Waals surface area (Å²) in [5, 5.41) is 2.50. The van der Waals surface area contributed by atoms with Crippen LogP contribution < -0.4 is 4.90 Å². The maximum Gasteiger partial charge on any atom is 0.0714 e. The molecule has 0 aliphatic heterocycles. The molecule has 13 rings (SSSR count). The molecular formula is C78H69N. The fourth-order valence-electron chi connectivity index (χ4n) is 13.4. The van der Waals surface area contributed by atoms with Crippen LogP contribution in [0.5, 0.6) is 0 Å². The van der Waals surface area contributed by atoms with Crippen LogP contribution in [0.15, 0.2) is 255 Å². The van der Waals surface area contributed by atoms with Gasteiger partial charge in [-0.2, -0.15) is 0 Å². The molecule has 0 spiro atoms. The third-order valence-corrected chi connectivity index (χ3v) is 17.5.